The standard InChI is InChI=1S/C15H21NO6S/c1-5-23(18,19)10-8-16(9-10)15(17)11-6-7-12(20-2)14(22-4)13(11)21-3/h6-7,10H,5,8-9H2,1-4H3. The van der Waals surface area contributed by atoms with Gasteiger partial charge in [0, 0.05) is 18.8 Å². The third kappa shape index (κ3) is 3.08. The van der Waals surface area contributed by atoms with Crippen LogP contribution in [0.3, 0.4) is 0 Å². The van der Waals surface area contributed by atoms with Crippen LogP contribution >= 0.6 is 0 Å². The Hall–Kier alpha value is -1.96. The van der Waals surface area contributed by atoms with Crippen LogP contribution < -0.4 is 14.2 Å². The molecule has 0 atom stereocenters. The van der Waals surface area contributed by atoms with E-state index in [4.69, 9.17) is 14.2 Å². The Morgan fingerprint density at radius 3 is 2.22 bits per heavy atom. The number of carbonyl (C=O) groups is 1. The minimum Gasteiger partial charge on any atom is -0.493 e. The molecule has 7 nitrogen and oxygen atoms in total. The van der Waals surface area contributed by atoms with Gasteiger partial charge in [-0.1, -0.05) is 6.92 Å². The van der Waals surface area contributed by atoms with E-state index in [0.717, 1.165) is 0 Å². The van der Waals surface area contributed by atoms with Crippen molar-refractivity contribution in [3.63, 3.8) is 0 Å². The molecule has 0 radical (unpaired) electrons. The SMILES string of the molecule is CCS(=O)(=O)C1CN(C(=O)c2ccc(OC)c(OC)c2OC)C1. The Bertz CT molecular complexity index is 694. The highest BCUT2D eigenvalue weighted by atomic mass is 32.2. The maximum absolute atomic E-state index is 12.6. The average molecular weight is 343 g/mol. The highest BCUT2D eigenvalue weighted by Gasteiger charge is 2.40. The Kier molecular flexibility index (Phi) is 5.03. The summed E-state index contributed by atoms with van der Waals surface area (Å²) in [7, 11) is 1.27. The number of amides is 1. The van der Waals surface area contributed by atoms with Crippen molar-refractivity contribution in [2.45, 2.75) is 12.2 Å². The molecule has 1 aliphatic heterocycles. The van der Waals surface area contributed by atoms with Crippen LogP contribution in [-0.2, 0) is 9.84 Å². The van der Waals surface area contributed by atoms with Crippen molar-refractivity contribution in [3.8, 4) is 17.2 Å². The Labute approximate surface area is 136 Å². The monoisotopic (exact) mass is 343 g/mol. The molecular weight excluding hydrogens is 322 g/mol. The summed E-state index contributed by atoms with van der Waals surface area (Å²) in [5, 5.41) is -0.484. The lowest BCUT2D eigenvalue weighted by molar-refractivity contribution is 0.0654. The van der Waals surface area contributed by atoms with E-state index in [0.29, 0.717) is 17.1 Å². The van der Waals surface area contributed by atoms with Gasteiger partial charge in [0.2, 0.25) is 5.75 Å². The van der Waals surface area contributed by atoms with E-state index < -0.39 is 15.1 Å². The van der Waals surface area contributed by atoms with Crippen molar-refractivity contribution in [1.82, 2.24) is 4.90 Å². The maximum Gasteiger partial charge on any atom is 0.257 e. The summed E-state index contributed by atoms with van der Waals surface area (Å²) in [4.78, 5) is 14.1. The molecule has 1 fully saturated rings. The van der Waals surface area contributed by atoms with Gasteiger partial charge < -0.3 is 19.1 Å². The predicted molar refractivity (Wildman–Crippen MR) is 85.3 cm³/mol. The van der Waals surface area contributed by atoms with Gasteiger partial charge in [-0.2, -0.15) is 0 Å². The predicted octanol–water partition coefficient (Wildman–Crippen LogP) is 0.972. The van der Waals surface area contributed by atoms with Crippen LogP contribution in [0.2, 0.25) is 0 Å². The van der Waals surface area contributed by atoms with Crippen molar-refractivity contribution in [3.05, 3.63) is 17.7 Å². The first-order valence-electron chi connectivity index (χ1n) is 7.19. The minimum absolute atomic E-state index is 0.0827. The van der Waals surface area contributed by atoms with Gasteiger partial charge in [-0.25, -0.2) is 8.42 Å². The minimum atomic E-state index is -3.12. The van der Waals surface area contributed by atoms with Gasteiger partial charge in [0.05, 0.1) is 32.1 Å². The van der Waals surface area contributed by atoms with Crippen LogP contribution in [0.1, 0.15) is 17.3 Å². The van der Waals surface area contributed by atoms with Crippen LogP contribution in [0.25, 0.3) is 0 Å². The fourth-order valence-electron chi connectivity index (χ4n) is 2.51. The van der Waals surface area contributed by atoms with E-state index in [2.05, 4.69) is 0 Å². The Morgan fingerprint density at radius 2 is 1.74 bits per heavy atom. The third-order valence-electron chi connectivity index (χ3n) is 3.98. The molecule has 0 aliphatic carbocycles. The molecule has 1 heterocycles. The molecule has 0 unspecified atom stereocenters. The molecule has 128 valence electrons. The normalized spacial score (nSPS) is 15.0. The number of methoxy groups -OCH3 is 3. The molecule has 1 aromatic rings. The third-order valence-corrected chi connectivity index (χ3v) is 6.10. The van der Waals surface area contributed by atoms with Gasteiger partial charge in [0.1, 0.15) is 0 Å². The molecule has 1 aromatic carbocycles. The zero-order valence-corrected chi connectivity index (χ0v) is 14.5. The molecule has 23 heavy (non-hydrogen) atoms. The largest absolute Gasteiger partial charge is 0.493 e. The summed E-state index contributed by atoms with van der Waals surface area (Å²) < 4.78 is 39.3. The number of nitrogens with zero attached hydrogens (tertiary/aromatic N) is 1. The zero-order chi connectivity index (χ0) is 17.2. The highest BCUT2D eigenvalue weighted by Crippen LogP contribution is 2.40. The molecule has 2 rings (SSSR count). The number of hydrogen-bond acceptors (Lipinski definition) is 6. The van der Waals surface area contributed by atoms with Crippen molar-refractivity contribution < 1.29 is 27.4 Å². The van der Waals surface area contributed by atoms with E-state index >= 15 is 0 Å². The van der Waals surface area contributed by atoms with Crippen molar-refractivity contribution in [1.29, 1.82) is 0 Å². The molecule has 0 bridgehead atoms. The van der Waals surface area contributed by atoms with Gasteiger partial charge in [0.15, 0.2) is 21.3 Å². The number of sulfone groups is 1. The number of ether oxygens (including phenoxy) is 3. The Morgan fingerprint density at radius 1 is 1.13 bits per heavy atom. The molecule has 0 saturated carbocycles. The first-order chi connectivity index (χ1) is 10.9. The number of hydrogen-bond donors (Lipinski definition) is 0. The number of benzene rings is 1. The van der Waals surface area contributed by atoms with Gasteiger partial charge in [-0.3, -0.25) is 4.79 Å². The quantitative estimate of drug-likeness (QED) is 0.765. The topological polar surface area (TPSA) is 82.1 Å². The van der Waals surface area contributed by atoms with Gasteiger partial charge in [0.25, 0.3) is 5.91 Å². The lowest BCUT2D eigenvalue weighted by Gasteiger charge is -2.38. The summed E-state index contributed by atoms with van der Waals surface area (Å²) in [5.41, 5.74) is 0.317. The average Bonchev–Trinajstić information content (AvgIpc) is 2.51. The lowest BCUT2D eigenvalue weighted by Crippen LogP contribution is -2.57. The number of carbonyl (C=O) groups excluding carboxylic acids is 1. The fourth-order valence-corrected chi connectivity index (χ4v) is 3.79. The van der Waals surface area contributed by atoms with E-state index in [9.17, 15) is 13.2 Å². The summed E-state index contributed by atoms with van der Waals surface area (Å²) >= 11 is 0. The first kappa shape index (κ1) is 17.4. The van der Waals surface area contributed by atoms with Crippen LogP contribution in [-0.4, -0.2) is 64.6 Å². The van der Waals surface area contributed by atoms with E-state index in [1.165, 1.54) is 26.2 Å². The molecule has 1 aliphatic rings. The van der Waals surface area contributed by atoms with Crippen LogP contribution in [0, 0.1) is 0 Å². The first-order valence-corrected chi connectivity index (χ1v) is 8.90. The van der Waals surface area contributed by atoms with Gasteiger partial charge in [-0.05, 0) is 12.1 Å². The van der Waals surface area contributed by atoms with Crippen LogP contribution in [0.5, 0.6) is 17.2 Å². The second-order valence-corrected chi connectivity index (χ2v) is 7.74. The van der Waals surface area contributed by atoms with E-state index in [1.54, 1.807) is 19.1 Å². The fraction of sp³-hybridized carbons (Fsp3) is 0.533. The van der Waals surface area contributed by atoms with Crippen molar-refractivity contribution in [2.75, 3.05) is 40.2 Å². The van der Waals surface area contributed by atoms with E-state index in [-0.39, 0.29) is 30.5 Å². The molecule has 0 aromatic heterocycles. The van der Waals surface area contributed by atoms with Gasteiger partial charge in [-0.15, -0.1) is 0 Å². The molecule has 8 heteroatoms. The van der Waals surface area contributed by atoms with Crippen molar-refractivity contribution in [2.24, 2.45) is 0 Å². The maximum atomic E-state index is 12.6. The molecule has 0 spiro atoms. The second-order valence-electron chi connectivity index (χ2n) is 5.17. The lowest BCUT2D eigenvalue weighted by atomic mass is 10.1. The summed E-state index contributed by atoms with van der Waals surface area (Å²) in [6.45, 7) is 2.01. The summed E-state index contributed by atoms with van der Waals surface area (Å²) in [6, 6.07) is 3.21. The second kappa shape index (κ2) is 6.66. The number of likely N-dealkylation sites (tertiary alicyclic amines) is 1. The number of rotatable bonds is 6. The van der Waals surface area contributed by atoms with Crippen LogP contribution in [0.4, 0.5) is 0 Å². The molecule has 0 N–H and O–H groups in total. The Balaban J connectivity index is 2.25. The van der Waals surface area contributed by atoms with Gasteiger partial charge >= 0.3 is 0 Å². The molecule has 1 saturated heterocycles. The van der Waals surface area contributed by atoms with Crippen molar-refractivity contribution >= 4 is 15.7 Å². The summed E-state index contributed by atoms with van der Waals surface area (Å²) in [6.07, 6.45) is 0. The molecular formula is C15H21NO6S. The van der Waals surface area contributed by atoms with E-state index in [1.807, 2.05) is 0 Å². The highest BCUT2D eigenvalue weighted by molar-refractivity contribution is 7.92. The molecule has 1 amide bonds. The van der Waals surface area contributed by atoms with Crippen LogP contribution in [0.15, 0.2) is 12.1 Å². The zero-order valence-electron chi connectivity index (χ0n) is 13.7. The summed E-state index contributed by atoms with van der Waals surface area (Å²) in [5.74, 6) is 0.860. The smallest absolute Gasteiger partial charge is 0.257 e.